The number of ketones is 1. The summed E-state index contributed by atoms with van der Waals surface area (Å²) in [5.41, 5.74) is 1.67. The maximum absolute atomic E-state index is 12.4. The molecule has 2 aliphatic heterocycles. The lowest BCUT2D eigenvalue weighted by atomic mass is 9.71. The Labute approximate surface area is 172 Å². The number of allylic oxidation sites excluding steroid dienone is 1. The largest absolute Gasteiger partial charge is 0.459 e. The topological polar surface area (TPSA) is 44.8 Å². The molecule has 4 rings (SSSR count). The lowest BCUT2D eigenvalue weighted by Gasteiger charge is -2.41. The van der Waals surface area contributed by atoms with Gasteiger partial charge in [0.25, 0.3) is 5.79 Å². The van der Waals surface area contributed by atoms with Crippen molar-refractivity contribution in [3.8, 4) is 0 Å². The molecule has 1 spiro atoms. The van der Waals surface area contributed by atoms with E-state index >= 15 is 0 Å². The van der Waals surface area contributed by atoms with Gasteiger partial charge in [-0.1, -0.05) is 44.5 Å². The van der Waals surface area contributed by atoms with Crippen molar-refractivity contribution in [3.63, 3.8) is 0 Å². The third kappa shape index (κ3) is 3.10. The van der Waals surface area contributed by atoms with Crippen molar-refractivity contribution in [1.82, 2.24) is 0 Å². The molecule has 3 aliphatic rings. The van der Waals surface area contributed by atoms with Gasteiger partial charge in [0, 0.05) is 23.4 Å². The van der Waals surface area contributed by atoms with Crippen LogP contribution in [0.4, 0.5) is 0 Å². The number of carbonyl (C=O) groups excluding carboxylic acids is 1. The number of carbonyl (C=O) groups is 1. The first-order valence-electron chi connectivity index (χ1n) is 10.1. The quantitative estimate of drug-likeness (QED) is 0.631. The van der Waals surface area contributed by atoms with E-state index in [2.05, 4.69) is 20.8 Å². The normalized spacial score (nSPS) is 35.2. The first-order chi connectivity index (χ1) is 13.1. The molecule has 1 saturated carbocycles. The van der Waals surface area contributed by atoms with E-state index in [0.717, 1.165) is 31.2 Å². The summed E-state index contributed by atoms with van der Waals surface area (Å²) in [4.78, 5) is 12.4. The van der Waals surface area contributed by atoms with E-state index in [0.29, 0.717) is 22.3 Å². The Morgan fingerprint density at radius 1 is 1.14 bits per heavy atom. The van der Waals surface area contributed by atoms with Gasteiger partial charge in [0.15, 0.2) is 17.7 Å². The second kappa shape index (κ2) is 6.58. The van der Waals surface area contributed by atoms with Crippen LogP contribution in [0.25, 0.3) is 0 Å². The summed E-state index contributed by atoms with van der Waals surface area (Å²) in [6.07, 6.45) is 3.11. The third-order valence-electron chi connectivity index (χ3n) is 6.56. The minimum atomic E-state index is -1.12. The van der Waals surface area contributed by atoms with Crippen molar-refractivity contribution in [2.45, 2.75) is 78.0 Å². The Hall–Kier alpha value is -1.36. The van der Waals surface area contributed by atoms with E-state index in [1.165, 1.54) is 0 Å². The van der Waals surface area contributed by atoms with Gasteiger partial charge in [0.2, 0.25) is 0 Å². The molecule has 1 aromatic rings. The number of hydrogen-bond acceptors (Lipinski definition) is 4. The summed E-state index contributed by atoms with van der Waals surface area (Å²) in [6.45, 7) is 10.2. The summed E-state index contributed by atoms with van der Waals surface area (Å²) in [7, 11) is 0. The molecule has 0 amide bonds. The number of fused-ring (bicyclic) bond motifs is 1. The first-order valence-corrected chi connectivity index (χ1v) is 10.5. The zero-order chi connectivity index (χ0) is 20.3. The maximum atomic E-state index is 12.4. The van der Waals surface area contributed by atoms with Crippen LogP contribution in [0.3, 0.4) is 0 Å². The van der Waals surface area contributed by atoms with Crippen LogP contribution in [0.5, 0.6) is 0 Å². The Balaban J connectivity index is 1.69. The highest BCUT2D eigenvalue weighted by molar-refractivity contribution is 6.30. The summed E-state index contributed by atoms with van der Waals surface area (Å²) in [6, 6.07) is 7.43. The molecule has 2 heterocycles. The molecule has 28 heavy (non-hydrogen) atoms. The summed E-state index contributed by atoms with van der Waals surface area (Å²) in [5.74, 6) is -0.673. The Morgan fingerprint density at radius 3 is 2.29 bits per heavy atom. The van der Waals surface area contributed by atoms with Crippen LogP contribution in [-0.2, 0) is 24.8 Å². The molecule has 2 atom stereocenters. The number of rotatable bonds is 2. The number of hydrogen-bond donors (Lipinski definition) is 0. The lowest BCUT2D eigenvalue weighted by molar-refractivity contribution is -0.271. The van der Waals surface area contributed by atoms with Gasteiger partial charge in [-0.15, -0.1) is 0 Å². The highest BCUT2D eigenvalue weighted by Gasteiger charge is 2.65. The minimum Gasteiger partial charge on any atom is -0.459 e. The second-order valence-electron chi connectivity index (χ2n) is 9.45. The molecule has 0 unspecified atom stereocenters. The molecular weight excluding hydrogens is 376 g/mol. The third-order valence-corrected chi connectivity index (χ3v) is 6.81. The highest BCUT2D eigenvalue weighted by atomic mass is 35.5. The SMILES string of the molecule is CC(=O)C1=C(C)O[C@@]2(c3ccc(Cl)cc3)OC3(CCC(C(C)(C)C)CC3)O[C@@H]12. The van der Waals surface area contributed by atoms with Crippen molar-refractivity contribution in [2.24, 2.45) is 11.3 Å². The fourth-order valence-corrected chi connectivity index (χ4v) is 5.09. The Kier molecular flexibility index (Phi) is 4.68. The van der Waals surface area contributed by atoms with Crippen molar-refractivity contribution in [1.29, 1.82) is 0 Å². The fraction of sp³-hybridized carbons (Fsp3) is 0.609. The van der Waals surface area contributed by atoms with Gasteiger partial charge in [0.1, 0.15) is 5.76 Å². The van der Waals surface area contributed by atoms with E-state index in [9.17, 15) is 4.79 Å². The van der Waals surface area contributed by atoms with Crippen LogP contribution >= 0.6 is 11.6 Å². The van der Waals surface area contributed by atoms with Crippen molar-refractivity contribution in [3.05, 3.63) is 46.2 Å². The molecule has 5 heteroatoms. The highest BCUT2D eigenvalue weighted by Crippen LogP contribution is 2.58. The molecule has 0 bridgehead atoms. The molecule has 1 saturated heterocycles. The number of benzene rings is 1. The van der Waals surface area contributed by atoms with Crippen LogP contribution in [-0.4, -0.2) is 17.7 Å². The zero-order valence-corrected chi connectivity index (χ0v) is 18.1. The molecule has 0 N–H and O–H groups in total. The van der Waals surface area contributed by atoms with E-state index < -0.39 is 17.7 Å². The van der Waals surface area contributed by atoms with Gasteiger partial charge in [-0.2, -0.15) is 0 Å². The first kappa shape index (κ1) is 19.9. The van der Waals surface area contributed by atoms with Crippen molar-refractivity contribution < 1.29 is 19.0 Å². The lowest BCUT2D eigenvalue weighted by Crippen LogP contribution is -2.41. The summed E-state index contributed by atoms with van der Waals surface area (Å²) < 4.78 is 19.5. The monoisotopic (exact) mass is 404 g/mol. The Morgan fingerprint density at radius 2 is 1.75 bits per heavy atom. The average molecular weight is 405 g/mol. The van der Waals surface area contributed by atoms with Crippen molar-refractivity contribution in [2.75, 3.05) is 0 Å². The summed E-state index contributed by atoms with van der Waals surface area (Å²) in [5, 5.41) is 0.644. The van der Waals surface area contributed by atoms with E-state index in [1.807, 2.05) is 31.2 Å². The van der Waals surface area contributed by atoms with Crippen molar-refractivity contribution >= 4 is 17.4 Å². The molecule has 1 aromatic carbocycles. The van der Waals surface area contributed by atoms with Gasteiger partial charge in [-0.05, 0) is 50.2 Å². The molecule has 1 aliphatic carbocycles. The van der Waals surface area contributed by atoms with Crippen LogP contribution in [0.15, 0.2) is 35.6 Å². The summed E-state index contributed by atoms with van der Waals surface area (Å²) >= 11 is 6.09. The second-order valence-corrected chi connectivity index (χ2v) is 9.89. The van der Waals surface area contributed by atoms with Crippen LogP contribution in [0, 0.1) is 11.3 Å². The minimum absolute atomic E-state index is 0.0395. The molecular formula is C23H29ClO4. The number of halogens is 1. The van der Waals surface area contributed by atoms with Gasteiger partial charge in [-0.3, -0.25) is 4.79 Å². The number of Topliss-reactive ketones (excluding diaryl/α,β-unsaturated/α-hetero) is 1. The molecule has 0 radical (unpaired) electrons. The number of ether oxygens (including phenoxy) is 3. The molecule has 2 fully saturated rings. The molecule has 0 aromatic heterocycles. The predicted octanol–water partition coefficient (Wildman–Crippen LogP) is 5.73. The van der Waals surface area contributed by atoms with E-state index in [4.69, 9.17) is 25.8 Å². The molecule has 4 nitrogen and oxygen atoms in total. The van der Waals surface area contributed by atoms with Gasteiger partial charge < -0.3 is 14.2 Å². The fourth-order valence-electron chi connectivity index (χ4n) is 4.96. The smallest absolute Gasteiger partial charge is 0.270 e. The maximum Gasteiger partial charge on any atom is 0.270 e. The van der Waals surface area contributed by atoms with Gasteiger partial charge in [0.05, 0.1) is 5.57 Å². The van der Waals surface area contributed by atoms with Gasteiger partial charge >= 0.3 is 0 Å². The van der Waals surface area contributed by atoms with E-state index in [1.54, 1.807) is 6.92 Å². The average Bonchev–Trinajstić information content (AvgIpc) is 3.03. The van der Waals surface area contributed by atoms with Gasteiger partial charge in [-0.25, -0.2) is 0 Å². The standard InChI is InChI=1S/C23H29ClO4/c1-14(25)19-15(2)26-23(17-6-8-18(24)9-7-17)20(19)27-22(28-23)12-10-16(11-13-22)21(3,4)5/h6-9,16,20H,10-13H2,1-5H3/t16?,20-,22?,23-/m0/s1. The van der Waals surface area contributed by atoms with E-state index in [-0.39, 0.29) is 11.2 Å². The van der Waals surface area contributed by atoms with Crippen LogP contribution in [0.2, 0.25) is 5.02 Å². The Bertz CT molecular complexity index is 812. The van der Waals surface area contributed by atoms with Crippen LogP contribution in [0.1, 0.15) is 65.9 Å². The molecule has 152 valence electrons. The zero-order valence-electron chi connectivity index (χ0n) is 17.3. The van der Waals surface area contributed by atoms with Crippen LogP contribution < -0.4 is 0 Å². The predicted molar refractivity (Wildman–Crippen MR) is 108 cm³/mol.